The Kier molecular flexibility index (Phi) is 3.43. The lowest BCUT2D eigenvalue weighted by Crippen LogP contribution is -2.16. The number of halogens is 1. The Morgan fingerprint density at radius 1 is 1.33 bits per heavy atom. The fourth-order valence-corrected chi connectivity index (χ4v) is 1.83. The molecule has 0 spiro atoms. The van der Waals surface area contributed by atoms with Crippen LogP contribution in [-0.2, 0) is 0 Å². The maximum atomic E-state index is 13.9. The molecule has 1 unspecified atom stereocenters. The zero-order chi connectivity index (χ0) is 13.1. The van der Waals surface area contributed by atoms with Crippen molar-refractivity contribution in [2.24, 2.45) is 5.73 Å². The number of aromatic nitrogens is 1. The van der Waals surface area contributed by atoms with E-state index in [0.717, 1.165) is 0 Å². The first-order chi connectivity index (χ1) is 8.65. The Bertz CT molecular complexity index is 560. The molecular formula is C13H14FN3O. The predicted octanol–water partition coefficient (Wildman–Crippen LogP) is 1.86. The van der Waals surface area contributed by atoms with Crippen molar-refractivity contribution >= 4 is 5.69 Å². The number of anilines is 1. The molecule has 4 nitrogen and oxygen atoms in total. The molecule has 0 amide bonds. The summed E-state index contributed by atoms with van der Waals surface area (Å²) in [6.45, 7) is 0. The van der Waals surface area contributed by atoms with Gasteiger partial charge in [0.05, 0.1) is 18.7 Å². The average molecular weight is 247 g/mol. The van der Waals surface area contributed by atoms with Gasteiger partial charge in [0.15, 0.2) is 0 Å². The smallest absolute Gasteiger partial charge is 0.132 e. The van der Waals surface area contributed by atoms with Crippen molar-refractivity contribution in [3.8, 4) is 5.75 Å². The van der Waals surface area contributed by atoms with Crippen LogP contribution in [0.25, 0.3) is 0 Å². The van der Waals surface area contributed by atoms with E-state index >= 15 is 0 Å². The van der Waals surface area contributed by atoms with Gasteiger partial charge in [-0.2, -0.15) is 0 Å². The number of benzene rings is 1. The molecule has 0 saturated heterocycles. The number of rotatable bonds is 3. The molecule has 0 radical (unpaired) electrons. The molecule has 1 aromatic heterocycles. The Balaban J connectivity index is 2.52. The molecule has 1 heterocycles. The molecule has 0 bridgehead atoms. The van der Waals surface area contributed by atoms with E-state index in [-0.39, 0.29) is 5.56 Å². The van der Waals surface area contributed by atoms with Gasteiger partial charge in [0.1, 0.15) is 11.6 Å². The minimum Gasteiger partial charge on any atom is -0.496 e. The molecule has 4 N–H and O–H groups in total. The van der Waals surface area contributed by atoms with Crippen molar-refractivity contribution in [2.45, 2.75) is 6.04 Å². The van der Waals surface area contributed by atoms with Crippen LogP contribution < -0.4 is 16.2 Å². The van der Waals surface area contributed by atoms with Crippen LogP contribution in [0, 0.1) is 5.82 Å². The van der Waals surface area contributed by atoms with E-state index in [4.69, 9.17) is 16.2 Å². The minimum atomic E-state index is -0.713. The van der Waals surface area contributed by atoms with Crippen molar-refractivity contribution in [1.82, 2.24) is 4.98 Å². The molecule has 0 aliphatic carbocycles. The highest BCUT2D eigenvalue weighted by atomic mass is 19.1. The SMILES string of the molecule is COc1cccc(F)c1C(N)c1cnccc1N. The summed E-state index contributed by atoms with van der Waals surface area (Å²) in [7, 11) is 1.47. The average Bonchev–Trinajstić information content (AvgIpc) is 2.38. The standard InChI is InChI=1S/C13H14FN3O/c1-18-11-4-2-3-9(14)12(11)13(16)8-7-17-6-5-10(8)15/h2-7,13H,16H2,1H3,(H2,15,17). The van der Waals surface area contributed by atoms with Crippen molar-refractivity contribution < 1.29 is 9.13 Å². The van der Waals surface area contributed by atoms with Crippen LogP contribution >= 0.6 is 0 Å². The zero-order valence-corrected chi connectivity index (χ0v) is 9.93. The van der Waals surface area contributed by atoms with E-state index in [2.05, 4.69) is 4.98 Å². The van der Waals surface area contributed by atoms with Crippen LogP contribution in [0.3, 0.4) is 0 Å². The summed E-state index contributed by atoms with van der Waals surface area (Å²) in [5.74, 6) is -0.0316. The molecular weight excluding hydrogens is 233 g/mol. The van der Waals surface area contributed by atoms with Gasteiger partial charge in [0.25, 0.3) is 0 Å². The summed E-state index contributed by atoms with van der Waals surface area (Å²) >= 11 is 0. The van der Waals surface area contributed by atoms with Gasteiger partial charge in [-0.3, -0.25) is 4.98 Å². The van der Waals surface area contributed by atoms with Crippen molar-refractivity contribution in [3.05, 3.63) is 53.6 Å². The maximum Gasteiger partial charge on any atom is 0.132 e. The molecule has 1 aromatic carbocycles. The van der Waals surface area contributed by atoms with Gasteiger partial charge in [-0.15, -0.1) is 0 Å². The molecule has 2 rings (SSSR count). The number of nitrogen functional groups attached to an aromatic ring is 1. The lowest BCUT2D eigenvalue weighted by Gasteiger charge is -2.17. The van der Waals surface area contributed by atoms with Crippen molar-refractivity contribution in [3.63, 3.8) is 0 Å². The molecule has 0 saturated carbocycles. The maximum absolute atomic E-state index is 13.9. The summed E-state index contributed by atoms with van der Waals surface area (Å²) in [5, 5.41) is 0. The summed E-state index contributed by atoms with van der Waals surface area (Å²) in [6.07, 6.45) is 3.09. The van der Waals surface area contributed by atoms with Crippen LogP contribution in [0.4, 0.5) is 10.1 Å². The van der Waals surface area contributed by atoms with Crippen molar-refractivity contribution in [2.75, 3.05) is 12.8 Å². The fraction of sp³-hybridized carbons (Fsp3) is 0.154. The topological polar surface area (TPSA) is 74.2 Å². The molecule has 0 aliphatic heterocycles. The Hall–Kier alpha value is -2.14. The summed E-state index contributed by atoms with van der Waals surface area (Å²) < 4.78 is 19.0. The number of hydrogen-bond acceptors (Lipinski definition) is 4. The molecule has 1 atom stereocenters. The molecule has 18 heavy (non-hydrogen) atoms. The van der Waals surface area contributed by atoms with Gasteiger partial charge >= 0.3 is 0 Å². The largest absolute Gasteiger partial charge is 0.496 e. The van der Waals surface area contributed by atoms with Crippen LogP contribution in [0.5, 0.6) is 5.75 Å². The lowest BCUT2D eigenvalue weighted by atomic mass is 9.98. The Morgan fingerprint density at radius 3 is 2.78 bits per heavy atom. The van der Waals surface area contributed by atoms with Gasteiger partial charge in [0, 0.05) is 23.6 Å². The Morgan fingerprint density at radius 2 is 2.11 bits per heavy atom. The van der Waals surface area contributed by atoms with Gasteiger partial charge in [-0.25, -0.2) is 4.39 Å². The fourth-order valence-electron chi connectivity index (χ4n) is 1.83. The third-order valence-corrected chi connectivity index (χ3v) is 2.77. The summed E-state index contributed by atoms with van der Waals surface area (Å²) in [6, 6.07) is 5.48. The molecule has 5 heteroatoms. The van der Waals surface area contributed by atoms with E-state index in [1.165, 1.54) is 19.4 Å². The normalized spacial score (nSPS) is 12.2. The van der Waals surface area contributed by atoms with E-state index in [1.807, 2.05) is 0 Å². The van der Waals surface area contributed by atoms with E-state index in [0.29, 0.717) is 17.0 Å². The van der Waals surface area contributed by atoms with Gasteiger partial charge in [-0.1, -0.05) is 6.07 Å². The highest BCUT2D eigenvalue weighted by Crippen LogP contribution is 2.32. The van der Waals surface area contributed by atoms with Crippen LogP contribution in [-0.4, -0.2) is 12.1 Å². The first kappa shape index (κ1) is 12.3. The molecule has 0 fully saturated rings. The first-order valence-corrected chi connectivity index (χ1v) is 5.42. The van der Waals surface area contributed by atoms with E-state index in [1.54, 1.807) is 24.4 Å². The molecule has 0 aliphatic rings. The number of pyridine rings is 1. The third-order valence-electron chi connectivity index (χ3n) is 2.77. The number of nitrogens with two attached hydrogens (primary N) is 2. The minimum absolute atomic E-state index is 0.278. The van der Waals surface area contributed by atoms with Crippen LogP contribution in [0.1, 0.15) is 17.2 Å². The number of hydrogen-bond donors (Lipinski definition) is 2. The monoisotopic (exact) mass is 247 g/mol. The van der Waals surface area contributed by atoms with E-state index < -0.39 is 11.9 Å². The van der Waals surface area contributed by atoms with Gasteiger partial charge in [-0.05, 0) is 18.2 Å². The van der Waals surface area contributed by atoms with Gasteiger partial charge in [0.2, 0.25) is 0 Å². The highest BCUT2D eigenvalue weighted by molar-refractivity contribution is 5.52. The first-order valence-electron chi connectivity index (χ1n) is 5.42. The quantitative estimate of drug-likeness (QED) is 0.868. The molecule has 94 valence electrons. The van der Waals surface area contributed by atoms with Crippen LogP contribution in [0.15, 0.2) is 36.7 Å². The second kappa shape index (κ2) is 5.01. The Labute approximate surface area is 104 Å². The number of ether oxygens (including phenoxy) is 1. The number of nitrogens with zero attached hydrogens (tertiary/aromatic N) is 1. The molecule has 2 aromatic rings. The second-order valence-electron chi connectivity index (χ2n) is 3.84. The second-order valence-corrected chi connectivity index (χ2v) is 3.84. The van der Waals surface area contributed by atoms with E-state index in [9.17, 15) is 4.39 Å². The lowest BCUT2D eigenvalue weighted by molar-refractivity contribution is 0.402. The summed E-state index contributed by atoms with van der Waals surface area (Å²) in [5.41, 5.74) is 13.2. The van der Waals surface area contributed by atoms with Gasteiger partial charge < -0.3 is 16.2 Å². The van der Waals surface area contributed by atoms with Crippen LogP contribution in [0.2, 0.25) is 0 Å². The zero-order valence-electron chi connectivity index (χ0n) is 9.93. The number of methoxy groups -OCH3 is 1. The highest BCUT2D eigenvalue weighted by Gasteiger charge is 2.20. The summed E-state index contributed by atoms with van der Waals surface area (Å²) in [4.78, 5) is 3.95. The predicted molar refractivity (Wildman–Crippen MR) is 67.6 cm³/mol. The van der Waals surface area contributed by atoms with Crippen molar-refractivity contribution in [1.29, 1.82) is 0 Å². The third kappa shape index (κ3) is 2.12.